The Bertz CT molecular complexity index is 701. The van der Waals surface area contributed by atoms with Crippen molar-refractivity contribution in [2.45, 2.75) is 33.1 Å². The predicted octanol–water partition coefficient (Wildman–Crippen LogP) is 2.41. The van der Waals surface area contributed by atoms with E-state index >= 15 is 0 Å². The fourth-order valence-electron chi connectivity index (χ4n) is 3.12. The van der Waals surface area contributed by atoms with E-state index in [1.807, 2.05) is 0 Å². The molecule has 2 aromatic rings. The van der Waals surface area contributed by atoms with Crippen LogP contribution in [0, 0.1) is 12.8 Å². The number of aryl methyl sites for hydroxylation is 1. The van der Waals surface area contributed by atoms with Gasteiger partial charge in [0.15, 0.2) is 5.82 Å². The van der Waals surface area contributed by atoms with Gasteiger partial charge in [-0.2, -0.15) is 4.98 Å². The number of nitrogens with zero attached hydrogens (tertiary/aromatic N) is 4. The lowest BCUT2D eigenvalue weighted by atomic mass is 9.94. The number of carbonyl (C=O) groups is 1. The second-order valence-electron chi connectivity index (χ2n) is 5.98. The zero-order valence-electron chi connectivity index (χ0n) is 14.1. The summed E-state index contributed by atoms with van der Waals surface area (Å²) in [6, 6.07) is 3.53. The number of carbonyl (C=O) groups excluding carboxylic acids is 1. The maximum absolute atomic E-state index is 12.2. The van der Waals surface area contributed by atoms with Gasteiger partial charge >= 0.3 is 5.97 Å². The van der Waals surface area contributed by atoms with E-state index in [1.54, 1.807) is 32.2 Å². The Morgan fingerprint density at radius 3 is 3.12 bits per heavy atom. The van der Waals surface area contributed by atoms with Gasteiger partial charge in [0.1, 0.15) is 11.4 Å². The minimum Gasteiger partial charge on any atom is -0.462 e. The van der Waals surface area contributed by atoms with E-state index in [2.05, 4.69) is 20.0 Å². The van der Waals surface area contributed by atoms with Gasteiger partial charge in [-0.3, -0.25) is 0 Å². The van der Waals surface area contributed by atoms with Crippen molar-refractivity contribution >= 4 is 11.8 Å². The van der Waals surface area contributed by atoms with Crippen molar-refractivity contribution in [1.82, 2.24) is 15.1 Å². The summed E-state index contributed by atoms with van der Waals surface area (Å²) in [5.41, 5.74) is 0.524. The Kier molecular flexibility index (Phi) is 5.08. The van der Waals surface area contributed by atoms with E-state index in [0.717, 1.165) is 38.2 Å². The number of aromatic nitrogens is 3. The molecule has 1 unspecified atom stereocenters. The molecule has 0 radical (unpaired) electrons. The van der Waals surface area contributed by atoms with Crippen LogP contribution >= 0.6 is 0 Å². The average molecular weight is 330 g/mol. The lowest BCUT2D eigenvalue weighted by Crippen LogP contribution is -2.38. The molecule has 128 valence electrons. The Morgan fingerprint density at radius 1 is 1.50 bits per heavy atom. The number of esters is 1. The van der Waals surface area contributed by atoms with Crippen LogP contribution in [0.15, 0.2) is 22.9 Å². The largest absolute Gasteiger partial charge is 0.462 e. The number of rotatable bonds is 5. The lowest BCUT2D eigenvalue weighted by Gasteiger charge is -2.33. The van der Waals surface area contributed by atoms with Crippen molar-refractivity contribution in [3.63, 3.8) is 0 Å². The first-order valence-corrected chi connectivity index (χ1v) is 8.33. The smallest absolute Gasteiger partial charge is 0.341 e. The van der Waals surface area contributed by atoms with Gasteiger partial charge in [-0.05, 0) is 37.8 Å². The SMILES string of the molecule is CCOC(=O)c1cccnc1N1CCCC(Cc2noc(C)n2)C1. The molecule has 0 amide bonds. The summed E-state index contributed by atoms with van der Waals surface area (Å²) in [5, 5.41) is 3.98. The van der Waals surface area contributed by atoms with Crippen LogP contribution in [-0.2, 0) is 11.2 Å². The third kappa shape index (κ3) is 3.72. The first kappa shape index (κ1) is 16.4. The van der Waals surface area contributed by atoms with Crippen molar-refractivity contribution in [3.05, 3.63) is 35.6 Å². The van der Waals surface area contributed by atoms with E-state index in [0.29, 0.717) is 29.8 Å². The summed E-state index contributed by atoms with van der Waals surface area (Å²) >= 11 is 0. The van der Waals surface area contributed by atoms with Crippen LogP contribution in [0.2, 0.25) is 0 Å². The van der Waals surface area contributed by atoms with Gasteiger partial charge in [-0.15, -0.1) is 0 Å². The van der Waals surface area contributed by atoms with Crippen LogP contribution in [0.25, 0.3) is 0 Å². The molecule has 7 heteroatoms. The normalized spacial score (nSPS) is 17.8. The second kappa shape index (κ2) is 7.42. The summed E-state index contributed by atoms with van der Waals surface area (Å²) in [4.78, 5) is 23.0. The molecule has 2 aromatic heterocycles. The maximum Gasteiger partial charge on any atom is 0.341 e. The van der Waals surface area contributed by atoms with Crippen molar-refractivity contribution < 1.29 is 14.1 Å². The quantitative estimate of drug-likeness (QED) is 0.779. The monoisotopic (exact) mass is 330 g/mol. The molecule has 0 N–H and O–H groups in total. The van der Waals surface area contributed by atoms with Gasteiger partial charge in [0.2, 0.25) is 5.89 Å². The molecule has 1 fully saturated rings. The van der Waals surface area contributed by atoms with Gasteiger partial charge in [-0.1, -0.05) is 5.16 Å². The Morgan fingerprint density at radius 2 is 2.38 bits per heavy atom. The molecular weight excluding hydrogens is 308 g/mol. The Labute approximate surface area is 141 Å². The van der Waals surface area contributed by atoms with Crippen LogP contribution in [0.4, 0.5) is 5.82 Å². The maximum atomic E-state index is 12.2. The van der Waals surface area contributed by atoms with Crippen LogP contribution < -0.4 is 4.90 Å². The number of anilines is 1. The topological polar surface area (TPSA) is 81.4 Å². The molecule has 1 aliphatic heterocycles. The van der Waals surface area contributed by atoms with Crippen molar-refractivity contribution in [1.29, 1.82) is 0 Å². The molecule has 0 bridgehead atoms. The highest BCUT2D eigenvalue weighted by Crippen LogP contribution is 2.26. The number of piperidine rings is 1. The third-order valence-corrected chi connectivity index (χ3v) is 4.14. The molecule has 0 aliphatic carbocycles. The van der Waals surface area contributed by atoms with E-state index in [4.69, 9.17) is 9.26 Å². The number of pyridine rings is 1. The molecule has 0 spiro atoms. The van der Waals surface area contributed by atoms with E-state index < -0.39 is 0 Å². The average Bonchev–Trinajstić information content (AvgIpc) is 3.00. The first-order valence-electron chi connectivity index (χ1n) is 8.33. The number of hydrogen-bond donors (Lipinski definition) is 0. The minimum atomic E-state index is -0.323. The highest BCUT2D eigenvalue weighted by Gasteiger charge is 2.26. The van der Waals surface area contributed by atoms with E-state index in [-0.39, 0.29) is 5.97 Å². The zero-order valence-corrected chi connectivity index (χ0v) is 14.1. The Balaban J connectivity index is 1.74. The van der Waals surface area contributed by atoms with Gasteiger partial charge < -0.3 is 14.2 Å². The van der Waals surface area contributed by atoms with Gasteiger partial charge in [0.05, 0.1) is 6.61 Å². The molecule has 0 saturated carbocycles. The molecule has 7 nitrogen and oxygen atoms in total. The highest BCUT2D eigenvalue weighted by atomic mass is 16.5. The molecule has 1 aliphatic rings. The van der Waals surface area contributed by atoms with Crippen molar-refractivity contribution in [2.75, 3.05) is 24.6 Å². The van der Waals surface area contributed by atoms with Crippen LogP contribution in [0.5, 0.6) is 0 Å². The van der Waals surface area contributed by atoms with Crippen LogP contribution in [0.3, 0.4) is 0 Å². The third-order valence-electron chi connectivity index (χ3n) is 4.14. The predicted molar refractivity (Wildman–Crippen MR) is 87.9 cm³/mol. The fourth-order valence-corrected chi connectivity index (χ4v) is 3.12. The number of hydrogen-bond acceptors (Lipinski definition) is 7. The van der Waals surface area contributed by atoms with Crippen molar-refractivity contribution in [2.24, 2.45) is 5.92 Å². The summed E-state index contributed by atoms with van der Waals surface area (Å²) in [6.07, 6.45) is 4.63. The zero-order chi connectivity index (χ0) is 16.9. The summed E-state index contributed by atoms with van der Waals surface area (Å²) in [6.45, 7) is 5.65. The summed E-state index contributed by atoms with van der Waals surface area (Å²) in [7, 11) is 0. The van der Waals surface area contributed by atoms with Crippen LogP contribution in [0.1, 0.15) is 41.8 Å². The van der Waals surface area contributed by atoms with E-state index in [1.165, 1.54) is 0 Å². The molecule has 1 atom stereocenters. The molecule has 3 rings (SSSR count). The summed E-state index contributed by atoms with van der Waals surface area (Å²) < 4.78 is 10.2. The van der Waals surface area contributed by atoms with Gasteiger partial charge in [0.25, 0.3) is 0 Å². The second-order valence-corrected chi connectivity index (χ2v) is 5.98. The molecule has 0 aromatic carbocycles. The van der Waals surface area contributed by atoms with Crippen molar-refractivity contribution in [3.8, 4) is 0 Å². The standard InChI is InChI=1S/C17H22N4O3/c1-3-23-17(22)14-7-4-8-18-16(14)21-9-5-6-13(11-21)10-15-19-12(2)24-20-15/h4,7-8,13H,3,5-6,9-11H2,1-2H3. The lowest BCUT2D eigenvalue weighted by molar-refractivity contribution is 0.0526. The minimum absolute atomic E-state index is 0.323. The number of ether oxygens (including phenoxy) is 1. The molecule has 3 heterocycles. The summed E-state index contributed by atoms with van der Waals surface area (Å²) in [5.74, 6) is 2.12. The Hall–Kier alpha value is -2.44. The van der Waals surface area contributed by atoms with Crippen LogP contribution in [-0.4, -0.2) is 40.8 Å². The molecular formula is C17H22N4O3. The highest BCUT2D eigenvalue weighted by molar-refractivity contribution is 5.94. The fraction of sp³-hybridized carbons (Fsp3) is 0.529. The van der Waals surface area contributed by atoms with Gasteiger partial charge in [0, 0.05) is 32.6 Å². The van der Waals surface area contributed by atoms with E-state index in [9.17, 15) is 4.79 Å². The molecule has 1 saturated heterocycles. The first-order chi connectivity index (χ1) is 11.7. The van der Waals surface area contributed by atoms with Gasteiger partial charge in [-0.25, -0.2) is 9.78 Å². The molecule has 24 heavy (non-hydrogen) atoms.